The van der Waals surface area contributed by atoms with E-state index < -0.39 is 0 Å². The molecule has 48 heavy (non-hydrogen) atoms. The van der Waals surface area contributed by atoms with Crippen molar-refractivity contribution in [2.75, 3.05) is 25.6 Å². The molecule has 0 bridgehead atoms. The summed E-state index contributed by atoms with van der Waals surface area (Å²) in [7, 11) is 1.52. The average Bonchev–Trinajstić information content (AvgIpc) is 3.48. The number of anilines is 2. The van der Waals surface area contributed by atoms with E-state index in [1.54, 1.807) is 59.2 Å². The number of nitrogens with one attached hydrogen (secondary N) is 3. The fourth-order valence-electron chi connectivity index (χ4n) is 5.03. The van der Waals surface area contributed by atoms with E-state index in [9.17, 15) is 14.0 Å². The van der Waals surface area contributed by atoms with E-state index in [1.165, 1.54) is 25.3 Å². The van der Waals surface area contributed by atoms with E-state index in [2.05, 4.69) is 39.2 Å². The number of carbonyl (C=O) groups excluding carboxylic acids is 2. The number of benzene rings is 3. The molecule has 0 atom stereocenters. The Morgan fingerprint density at radius 1 is 1.02 bits per heavy atom. The molecule has 1 fully saturated rings. The third-order valence-corrected chi connectivity index (χ3v) is 7.69. The smallest absolute Gasteiger partial charge is 0.255 e. The van der Waals surface area contributed by atoms with Crippen LogP contribution in [0, 0.1) is 5.82 Å². The summed E-state index contributed by atoms with van der Waals surface area (Å²) in [5.41, 5.74) is 3.82. The Kier molecular flexibility index (Phi) is 8.91. The Labute approximate surface area is 276 Å². The largest absolute Gasteiger partial charge is 0.495 e. The fourth-order valence-corrected chi connectivity index (χ4v) is 5.03. The van der Waals surface area contributed by atoms with E-state index in [1.807, 2.05) is 19.1 Å². The lowest BCUT2D eigenvalue weighted by Gasteiger charge is -2.38. The third kappa shape index (κ3) is 7.03. The maximum Gasteiger partial charge on any atom is 0.255 e. The highest BCUT2D eigenvalue weighted by atomic mass is 19.1. The number of carbonyl (C=O) groups is 2. The Morgan fingerprint density at radius 2 is 1.79 bits per heavy atom. The molecule has 11 nitrogen and oxygen atoms in total. The second-order valence-electron chi connectivity index (χ2n) is 11.5. The number of hydrogen-bond donors (Lipinski definition) is 3. The van der Waals surface area contributed by atoms with E-state index >= 15 is 0 Å². The zero-order valence-electron chi connectivity index (χ0n) is 26.4. The highest BCUT2D eigenvalue weighted by Crippen LogP contribution is 2.31. The molecule has 6 rings (SSSR count). The van der Waals surface area contributed by atoms with Crippen molar-refractivity contribution in [2.24, 2.45) is 0 Å². The number of pyridine rings is 1. The van der Waals surface area contributed by atoms with Gasteiger partial charge >= 0.3 is 0 Å². The number of rotatable bonds is 12. The minimum atomic E-state index is -0.377. The summed E-state index contributed by atoms with van der Waals surface area (Å²) >= 11 is 0. The first kappa shape index (κ1) is 32.0. The molecule has 3 heterocycles. The molecule has 1 aliphatic rings. The predicted octanol–water partition coefficient (Wildman–Crippen LogP) is 5.81. The van der Waals surface area contributed by atoms with Crippen LogP contribution >= 0.6 is 0 Å². The van der Waals surface area contributed by atoms with Crippen LogP contribution in [-0.2, 0) is 11.3 Å². The molecule has 0 spiro atoms. The third-order valence-electron chi connectivity index (χ3n) is 7.69. The van der Waals surface area contributed by atoms with Crippen molar-refractivity contribution in [3.8, 4) is 22.6 Å². The van der Waals surface area contributed by atoms with Gasteiger partial charge in [-0.2, -0.15) is 4.98 Å². The number of fused-ring (bicyclic) bond motifs is 1. The SMILES string of the molecule is C=CC(=C)Oc1cc(-c2ccc3nc(Nc4ccc(C(=O)NC5(C)COC5)cc4OC)nn3c2)ccc1C(=O)NCc1ccc(F)cc1. The van der Waals surface area contributed by atoms with Gasteiger partial charge in [0, 0.05) is 23.9 Å². The molecular weight excluding hydrogens is 615 g/mol. The van der Waals surface area contributed by atoms with Crippen molar-refractivity contribution in [1.82, 2.24) is 25.2 Å². The first-order valence-corrected chi connectivity index (χ1v) is 15.0. The first-order chi connectivity index (χ1) is 23.1. The molecular formula is C36H33FN6O5. The van der Waals surface area contributed by atoms with Crippen molar-refractivity contribution in [3.63, 3.8) is 0 Å². The number of hydrogen-bond acceptors (Lipinski definition) is 8. The average molecular weight is 649 g/mol. The van der Waals surface area contributed by atoms with Gasteiger partial charge in [0.15, 0.2) is 5.65 Å². The summed E-state index contributed by atoms with van der Waals surface area (Å²) < 4.78 is 31.5. The molecule has 2 aromatic heterocycles. The van der Waals surface area contributed by atoms with Crippen LogP contribution in [0.3, 0.4) is 0 Å². The lowest BCUT2D eigenvalue weighted by atomic mass is 10.00. The van der Waals surface area contributed by atoms with Gasteiger partial charge in [-0.3, -0.25) is 9.59 Å². The molecule has 2 amide bonds. The minimum Gasteiger partial charge on any atom is -0.495 e. The van der Waals surface area contributed by atoms with Crippen molar-refractivity contribution in [2.45, 2.75) is 19.0 Å². The zero-order valence-corrected chi connectivity index (χ0v) is 26.4. The van der Waals surface area contributed by atoms with Crippen LogP contribution in [0.25, 0.3) is 16.8 Å². The summed E-state index contributed by atoms with van der Waals surface area (Å²) in [4.78, 5) is 30.5. The molecule has 0 saturated carbocycles. The second-order valence-corrected chi connectivity index (χ2v) is 11.5. The quantitative estimate of drug-likeness (QED) is 0.114. The first-order valence-electron chi connectivity index (χ1n) is 15.0. The molecule has 12 heteroatoms. The number of aromatic nitrogens is 3. The van der Waals surface area contributed by atoms with Crippen molar-refractivity contribution < 1.29 is 28.2 Å². The molecule has 5 aromatic rings. The number of methoxy groups -OCH3 is 1. The molecule has 1 aliphatic heterocycles. The van der Waals surface area contributed by atoms with E-state index in [-0.39, 0.29) is 41.2 Å². The van der Waals surface area contributed by atoms with Gasteiger partial charge in [0.2, 0.25) is 5.95 Å². The molecule has 3 aromatic carbocycles. The highest BCUT2D eigenvalue weighted by Gasteiger charge is 2.35. The van der Waals surface area contributed by atoms with Gasteiger partial charge in [-0.05, 0) is 78.7 Å². The van der Waals surface area contributed by atoms with Crippen LogP contribution in [0.15, 0.2) is 104 Å². The lowest BCUT2D eigenvalue weighted by molar-refractivity contribution is -0.0593. The number of amides is 2. The van der Waals surface area contributed by atoms with Crippen LogP contribution in [0.5, 0.6) is 11.5 Å². The van der Waals surface area contributed by atoms with Crippen LogP contribution in [0.1, 0.15) is 33.2 Å². The van der Waals surface area contributed by atoms with Gasteiger partial charge in [-0.25, -0.2) is 8.91 Å². The van der Waals surface area contributed by atoms with Gasteiger partial charge in [0.1, 0.15) is 23.1 Å². The maximum absolute atomic E-state index is 13.3. The van der Waals surface area contributed by atoms with E-state index in [0.29, 0.717) is 47.4 Å². The van der Waals surface area contributed by atoms with Crippen LogP contribution in [-0.4, -0.2) is 52.3 Å². The lowest BCUT2D eigenvalue weighted by Crippen LogP contribution is -2.59. The Balaban J connectivity index is 1.21. The normalized spacial score (nSPS) is 13.2. The minimum absolute atomic E-state index is 0.211. The van der Waals surface area contributed by atoms with Gasteiger partial charge in [0.05, 0.1) is 37.1 Å². The summed E-state index contributed by atoms with van der Waals surface area (Å²) in [5.74, 6) is 0.395. The molecule has 0 aliphatic carbocycles. The van der Waals surface area contributed by atoms with Gasteiger partial charge in [-0.1, -0.05) is 31.4 Å². The number of nitrogens with zero attached hydrogens (tertiary/aromatic N) is 3. The molecule has 0 radical (unpaired) electrons. The van der Waals surface area contributed by atoms with Crippen LogP contribution in [0.2, 0.25) is 0 Å². The van der Waals surface area contributed by atoms with Gasteiger partial charge in [0.25, 0.3) is 11.8 Å². The molecule has 0 unspecified atom stereocenters. The van der Waals surface area contributed by atoms with E-state index in [0.717, 1.165) is 16.7 Å². The van der Waals surface area contributed by atoms with Crippen LogP contribution in [0.4, 0.5) is 16.0 Å². The topological polar surface area (TPSA) is 128 Å². The number of ether oxygens (including phenoxy) is 3. The summed E-state index contributed by atoms with van der Waals surface area (Å²) in [5, 5.41) is 13.6. The van der Waals surface area contributed by atoms with Crippen molar-refractivity contribution >= 4 is 29.1 Å². The standard InChI is InChI=1S/C36H33FN6O5/c1-5-22(2)48-30-16-24(8-13-28(30)34(45)38-18-23-6-11-27(37)12-7-23)26-10-15-32-40-35(42-43(32)19-26)39-29-14-9-25(17-31(29)46-4)33(44)41-36(3)20-47-21-36/h5-17,19H,1-2,18,20-21H2,3-4H3,(H,38,45)(H,39,42)(H,41,44). The van der Waals surface area contributed by atoms with E-state index in [4.69, 9.17) is 14.2 Å². The monoisotopic (exact) mass is 648 g/mol. The molecule has 3 N–H and O–H groups in total. The fraction of sp³-hybridized carbons (Fsp3) is 0.167. The molecule has 1 saturated heterocycles. The number of halogens is 1. The Bertz CT molecular complexity index is 2040. The van der Waals surface area contributed by atoms with Crippen molar-refractivity contribution in [3.05, 3.63) is 126 Å². The van der Waals surface area contributed by atoms with Crippen molar-refractivity contribution in [1.29, 1.82) is 0 Å². The summed E-state index contributed by atoms with van der Waals surface area (Å²) in [6.07, 6.45) is 3.25. The second kappa shape index (κ2) is 13.4. The highest BCUT2D eigenvalue weighted by molar-refractivity contribution is 5.98. The van der Waals surface area contributed by atoms with Gasteiger partial charge < -0.3 is 30.2 Å². The Hall–Kier alpha value is -6.01. The summed E-state index contributed by atoms with van der Waals surface area (Å²) in [6, 6.07) is 19.9. The van der Waals surface area contributed by atoms with Gasteiger partial charge in [-0.15, -0.1) is 5.10 Å². The number of allylic oxidation sites excluding steroid dienone is 1. The maximum atomic E-state index is 13.3. The zero-order chi connectivity index (χ0) is 33.8. The molecule has 244 valence electrons. The Morgan fingerprint density at radius 3 is 2.50 bits per heavy atom. The predicted molar refractivity (Wildman–Crippen MR) is 179 cm³/mol. The van der Waals surface area contributed by atoms with Crippen LogP contribution < -0.4 is 25.4 Å². The summed E-state index contributed by atoms with van der Waals surface area (Å²) in [6.45, 7) is 10.6.